The van der Waals surface area contributed by atoms with E-state index in [1.165, 1.54) is 12.1 Å². The monoisotopic (exact) mass is 292 g/mol. The molecule has 0 spiro atoms. The lowest BCUT2D eigenvalue weighted by molar-refractivity contribution is -0.0972. The second kappa shape index (κ2) is 7.53. The van der Waals surface area contributed by atoms with Crippen LogP contribution in [0.2, 0.25) is 0 Å². The van der Waals surface area contributed by atoms with Crippen LogP contribution in [0.5, 0.6) is 0 Å². The summed E-state index contributed by atoms with van der Waals surface area (Å²) >= 11 is 0. The number of morpholine rings is 1. The fourth-order valence-electron chi connectivity index (χ4n) is 2.60. The smallest absolute Gasteiger partial charge is 0.124 e. The first kappa shape index (κ1) is 15.9. The Hall–Kier alpha value is -1.45. The fraction of sp³-hybridized carbons (Fsp3) is 0.500. The number of nitrogens with two attached hydrogens (primary N) is 1. The van der Waals surface area contributed by atoms with E-state index in [9.17, 15) is 9.50 Å². The van der Waals surface area contributed by atoms with Crippen LogP contribution in [-0.2, 0) is 11.3 Å². The average molecular weight is 292 g/mol. The number of halogens is 1. The van der Waals surface area contributed by atoms with E-state index < -0.39 is 0 Å². The first-order valence-corrected chi connectivity index (χ1v) is 7.07. The Morgan fingerprint density at radius 1 is 1.43 bits per heavy atom. The topological polar surface area (TPSA) is 58.7 Å². The number of benzene rings is 1. The summed E-state index contributed by atoms with van der Waals surface area (Å²) in [4.78, 5) is 2.16. The molecule has 3 N–H and O–H groups in total. The third-order valence-corrected chi connectivity index (χ3v) is 3.30. The van der Waals surface area contributed by atoms with Gasteiger partial charge in [-0.2, -0.15) is 0 Å². The highest BCUT2D eigenvalue weighted by molar-refractivity contribution is 5.38. The van der Waals surface area contributed by atoms with Crippen LogP contribution in [0, 0.1) is 17.7 Å². The molecule has 21 heavy (non-hydrogen) atoms. The van der Waals surface area contributed by atoms with E-state index in [1.54, 1.807) is 0 Å². The van der Waals surface area contributed by atoms with E-state index in [2.05, 4.69) is 16.7 Å². The first-order chi connectivity index (χ1) is 10.1. The van der Waals surface area contributed by atoms with Crippen molar-refractivity contribution < 1.29 is 14.2 Å². The van der Waals surface area contributed by atoms with Crippen LogP contribution in [0.3, 0.4) is 0 Å². The molecular formula is C16H21FN2O2. The molecule has 0 bridgehead atoms. The van der Waals surface area contributed by atoms with Gasteiger partial charge in [0.15, 0.2) is 0 Å². The van der Waals surface area contributed by atoms with Crippen LogP contribution >= 0.6 is 0 Å². The molecule has 1 fully saturated rings. The Morgan fingerprint density at radius 3 is 2.95 bits per heavy atom. The highest BCUT2D eigenvalue weighted by Gasteiger charge is 2.24. The van der Waals surface area contributed by atoms with E-state index in [1.807, 2.05) is 13.0 Å². The van der Waals surface area contributed by atoms with Crippen molar-refractivity contribution >= 4 is 0 Å². The molecule has 0 aliphatic carbocycles. The third kappa shape index (κ3) is 4.80. The summed E-state index contributed by atoms with van der Waals surface area (Å²) in [5.74, 6) is 5.29. The number of nitrogens with zero attached hydrogens (tertiary/aromatic N) is 1. The molecule has 2 unspecified atom stereocenters. The van der Waals surface area contributed by atoms with Crippen molar-refractivity contribution in [2.75, 3.05) is 26.2 Å². The summed E-state index contributed by atoms with van der Waals surface area (Å²) in [5.41, 5.74) is 6.83. The lowest BCUT2D eigenvalue weighted by atomic mass is 10.1. The van der Waals surface area contributed by atoms with Crippen molar-refractivity contribution in [2.24, 2.45) is 5.73 Å². The Labute approximate surface area is 124 Å². The standard InChI is InChI=1S/C16H21FN2O2/c1-12-8-19(10-16(11-20)21-12)9-14-5-13(3-2-4-18)6-15(17)7-14/h5-7,12,16,20H,4,8-11,18H2,1H3. The minimum absolute atomic E-state index is 0.00276. The fourth-order valence-corrected chi connectivity index (χ4v) is 2.60. The Balaban J connectivity index is 2.09. The zero-order valence-electron chi connectivity index (χ0n) is 12.2. The predicted molar refractivity (Wildman–Crippen MR) is 79.0 cm³/mol. The summed E-state index contributed by atoms with van der Waals surface area (Å²) in [6.07, 6.45) is -0.125. The minimum atomic E-state index is -0.297. The minimum Gasteiger partial charge on any atom is -0.394 e. The number of ether oxygens (including phenoxy) is 1. The maximum atomic E-state index is 13.6. The molecule has 5 heteroatoms. The van der Waals surface area contributed by atoms with Crippen LogP contribution in [-0.4, -0.2) is 48.5 Å². The van der Waals surface area contributed by atoms with E-state index in [-0.39, 0.29) is 31.2 Å². The van der Waals surface area contributed by atoms with Crippen LogP contribution in [0.25, 0.3) is 0 Å². The van der Waals surface area contributed by atoms with Gasteiger partial charge < -0.3 is 15.6 Å². The molecule has 1 aliphatic heterocycles. The Bertz CT molecular complexity index is 539. The molecule has 0 saturated carbocycles. The third-order valence-electron chi connectivity index (χ3n) is 3.30. The molecule has 0 amide bonds. The van der Waals surface area contributed by atoms with E-state index in [4.69, 9.17) is 10.5 Å². The SMILES string of the molecule is CC1CN(Cc2cc(F)cc(C#CCN)c2)CC(CO)O1. The van der Waals surface area contributed by atoms with Crippen LogP contribution in [0.15, 0.2) is 18.2 Å². The van der Waals surface area contributed by atoms with Crippen LogP contribution < -0.4 is 5.73 Å². The maximum absolute atomic E-state index is 13.6. The van der Waals surface area contributed by atoms with E-state index in [0.29, 0.717) is 18.7 Å². The predicted octanol–water partition coefficient (Wildman–Crippen LogP) is 0.718. The molecule has 4 nitrogen and oxygen atoms in total. The van der Waals surface area contributed by atoms with Gasteiger partial charge in [-0.15, -0.1) is 0 Å². The van der Waals surface area contributed by atoms with Gasteiger partial charge in [0.2, 0.25) is 0 Å². The molecule has 1 aromatic carbocycles. The zero-order chi connectivity index (χ0) is 15.2. The van der Waals surface area contributed by atoms with Crippen LogP contribution in [0.4, 0.5) is 4.39 Å². The first-order valence-electron chi connectivity index (χ1n) is 7.07. The van der Waals surface area contributed by atoms with Gasteiger partial charge in [0.05, 0.1) is 25.4 Å². The molecule has 2 rings (SSSR count). The molecule has 1 saturated heterocycles. The van der Waals surface area contributed by atoms with Crippen molar-refractivity contribution in [1.82, 2.24) is 4.90 Å². The van der Waals surface area contributed by atoms with Gasteiger partial charge in [-0.05, 0) is 30.7 Å². The average Bonchev–Trinajstić information content (AvgIpc) is 2.43. The maximum Gasteiger partial charge on any atom is 0.124 e. The molecular weight excluding hydrogens is 271 g/mol. The molecule has 0 aromatic heterocycles. The number of hydrogen-bond donors (Lipinski definition) is 2. The molecule has 2 atom stereocenters. The molecule has 0 radical (unpaired) electrons. The van der Waals surface area contributed by atoms with E-state index in [0.717, 1.165) is 12.1 Å². The van der Waals surface area contributed by atoms with Crippen molar-refractivity contribution in [3.8, 4) is 11.8 Å². The second-order valence-corrected chi connectivity index (χ2v) is 5.30. The van der Waals surface area contributed by atoms with Crippen molar-refractivity contribution in [3.63, 3.8) is 0 Å². The number of aliphatic hydroxyl groups is 1. The van der Waals surface area contributed by atoms with Gasteiger partial charge in [0, 0.05) is 25.2 Å². The van der Waals surface area contributed by atoms with Gasteiger partial charge in [-0.25, -0.2) is 4.39 Å². The number of hydrogen-bond acceptors (Lipinski definition) is 4. The quantitative estimate of drug-likeness (QED) is 0.806. The van der Waals surface area contributed by atoms with E-state index >= 15 is 0 Å². The van der Waals surface area contributed by atoms with Crippen molar-refractivity contribution in [2.45, 2.75) is 25.7 Å². The highest BCUT2D eigenvalue weighted by Crippen LogP contribution is 2.16. The van der Waals surface area contributed by atoms with Crippen molar-refractivity contribution in [3.05, 3.63) is 35.1 Å². The normalized spacial score (nSPS) is 22.7. The van der Waals surface area contributed by atoms with Gasteiger partial charge in [-0.3, -0.25) is 4.90 Å². The van der Waals surface area contributed by atoms with Gasteiger partial charge in [0.25, 0.3) is 0 Å². The van der Waals surface area contributed by atoms with Gasteiger partial charge in [-0.1, -0.05) is 11.8 Å². The highest BCUT2D eigenvalue weighted by atomic mass is 19.1. The lowest BCUT2D eigenvalue weighted by Gasteiger charge is -2.36. The number of aliphatic hydroxyl groups excluding tert-OH is 1. The Kier molecular flexibility index (Phi) is 5.71. The largest absolute Gasteiger partial charge is 0.394 e. The zero-order valence-corrected chi connectivity index (χ0v) is 12.2. The second-order valence-electron chi connectivity index (χ2n) is 5.30. The molecule has 114 valence electrons. The Morgan fingerprint density at radius 2 is 2.24 bits per heavy atom. The van der Waals surface area contributed by atoms with Gasteiger partial charge in [0.1, 0.15) is 5.82 Å². The number of rotatable bonds is 3. The van der Waals surface area contributed by atoms with Gasteiger partial charge >= 0.3 is 0 Å². The summed E-state index contributed by atoms with van der Waals surface area (Å²) < 4.78 is 19.2. The summed E-state index contributed by atoms with van der Waals surface area (Å²) in [7, 11) is 0. The molecule has 1 aliphatic rings. The summed E-state index contributed by atoms with van der Waals surface area (Å²) in [6, 6.07) is 4.80. The summed E-state index contributed by atoms with van der Waals surface area (Å²) in [5, 5.41) is 9.24. The lowest BCUT2D eigenvalue weighted by Crippen LogP contribution is -2.47. The molecule has 1 aromatic rings. The molecule has 1 heterocycles. The van der Waals surface area contributed by atoms with Crippen LogP contribution in [0.1, 0.15) is 18.1 Å². The summed E-state index contributed by atoms with van der Waals surface area (Å²) in [6.45, 7) is 4.23. The van der Waals surface area contributed by atoms with Crippen molar-refractivity contribution in [1.29, 1.82) is 0 Å².